The fourth-order valence-corrected chi connectivity index (χ4v) is 3.82. The van der Waals surface area contributed by atoms with Crippen LogP contribution in [0.25, 0.3) is 0 Å². The maximum atomic E-state index is 11.0. The average molecular weight is 373 g/mol. The number of hydrogen-bond donors (Lipinski definition) is 1. The molecule has 2 rings (SSSR count). The summed E-state index contributed by atoms with van der Waals surface area (Å²) in [5.74, 6) is -0.0833. The second-order valence-electron chi connectivity index (χ2n) is 2.76. The lowest BCUT2D eigenvalue weighted by molar-refractivity contribution is -0.117. The molecule has 16 heavy (non-hydrogen) atoms. The van der Waals surface area contributed by atoms with Crippen molar-refractivity contribution in [3.05, 3.63) is 27.1 Å². The quantitative estimate of drug-likeness (QED) is 0.754. The molecular formula is C8H7Br2NO4S. The van der Waals surface area contributed by atoms with Crippen molar-refractivity contribution in [2.75, 3.05) is 6.61 Å². The van der Waals surface area contributed by atoms with E-state index in [4.69, 9.17) is 5.14 Å². The number of sulfonamides is 1. The van der Waals surface area contributed by atoms with Crippen LogP contribution >= 0.6 is 31.9 Å². The molecule has 5 nitrogen and oxygen atoms in total. The standard InChI is InChI=1S/C6H5Br2NO2S.C2H2O2/c7-4-2-1-3-5(8)6(4)12(9,10)11;3-2-1-4-2/h1-3H,(H2,9,10,11);1H2. The first kappa shape index (κ1) is 13.6. The average Bonchev–Trinajstić information content (AvgIpc) is 2.85. The highest BCUT2D eigenvalue weighted by atomic mass is 79.9. The van der Waals surface area contributed by atoms with Crippen LogP contribution in [0.4, 0.5) is 0 Å². The van der Waals surface area contributed by atoms with Gasteiger partial charge >= 0.3 is 5.97 Å². The Labute approximate surface area is 109 Å². The Morgan fingerprint density at radius 3 is 1.81 bits per heavy atom. The predicted molar refractivity (Wildman–Crippen MR) is 64.2 cm³/mol. The summed E-state index contributed by atoms with van der Waals surface area (Å²) < 4.78 is 27.0. The van der Waals surface area contributed by atoms with Gasteiger partial charge in [-0.3, -0.25) is 0 Å². The van der Waals surface area contributed by atoms with Gasteiger partial charge in [-0.15, -0.1) is 0 Å². The predicted octanol–water partition coefficient (Wildman–Crippen LogP) is 1.40. The number of hydrogen-bond acceptors (Lipinski definition) is 4. The van der Waals surface area contributed by atoms with Crippen molar-refractivity contribution in [2.45, 2.75) is 4.90 Å². The minimum atomic E-state index is -3.66. The van der Waals surface area contributed by atoms with Crippen LogP contribution < -0.4 is 5.14 Å². The van der Waals surface area contributed by atoms with Crippen molar-refractivity contribution in [3.8, 4) is 0 Å². The molecule has 1 aliphatic rings. The molecule has 1 aliphatic heterocycles. The van der Waals surface area contributed by atoms with Gasteiger partial charge in [0.05, 0.1) is 0 Å². The monoisotopic (exact) mass is 371 g/mol. The van der Waals surface area contributed by atoms with Gasteiger partial charge < -0.3 is 4.74 Å². The second kappa shape index (κ2) is 5.26. The van der Waals surface area contributed by atoms with Crippen LogP contribution in [0.1, 0.15) is 0 Å². The summed E-state index contributed by atoms with van der Waals surface area (Å²) in [4.78, 5) is 9.41. The molecule has 1 aromatic carbocycles. The molecule has 0 aliphatic carbocycles. The number of epoxide rings is 1. The van der Waals surface area contributed by atoms with Crippen molar-refractivity contribution in [2.24, 2.45) is 5.14 Å². The Morgan fingerprint density at radius 1 is 1.25 bits per heavy atom. The summed E-state index contributed by atoms with van der Waals surface area (Å²) in [5, 5.41) is 4.97. The van der Waals surface area contributed by atoms with E-state index < -0.39 is 10.0 Å². The van der Waals surface area contributed by atoms with E-state index in [2.05, 4.69) is 36.6 Å². The lowest BCUT2D eigenvalue weighted by atomic mass is 10.4. The molecule has 8 heteroatoms. The third kappa shape index (κ3) is 4.20. The van der Waals surface area contributed by atoms with Gasteiger partial charge in [-0.05, 0) is 44.0 Å². The van der Waals surface area contributed by atoms with Crippen molar-refractivity contribution in [1.82, 2.24) is 0 Å². The Balaban J connectivity index is 0.000000267. The second-order valence-corrected chi connectivity index (χ2v) is 5.96. The molecule has 0 radical (unpaired) electrons. The number of primary sulfonamides is 1. The molecule has 0 amide bonds. The fourth-order valence-electron chi connectivity index (χ4n) is 0.784. The number of carbonyl (C=O) groups excluding carboxylic acids is 1. The summed E-state index contributed by atoms with van der Waals surface area (Å²) in [6.45, 7) is 0.347. The largest absolute Gasteiger partial charge is 0.451 e. The SMILES string of the molecule is NS(=O)(=O)c1c(Br)cccc1Br.O=C1CO1. The normalized spacial score (nSPS) is 13.6. The highest BCUT2D eigenvalue weighted by molar-refractivity contribution is 9.11. The summed E-state index contributed by atoms with van der Waals surface area (Å²) in [5.41, 5.74) is 0. The third-order valence-corrected chi connectivity index (χ3v) is 4.32. The zero-order valence-electron chi connectivity index (χ0n) is 7.81. The molecular weight excluding hydrogens is 366 g/mol. The van der Waals surface area contributed by atoms with E-state index in [1.165, 1.54) is 0 Å². The van der Waals surface area contributed by atoms with Gasteiger partial charge in [-0.2, -0.15) is 0 Å². The third-order valence-electron chi connectivity index (χ3n) is 1.47. The zero-order chi connectivity index (χ0) is 12.3. The van der Waals surface area contributed by atoms with Crippen molar-refractivity contribution in [1.29, 1.82) is 0 Å². The van der Waals surface area contributed by atoms with E-state index in [9.17, 15) is 13.2 Å². The van der Waals surface area contributed by atoms with E-state index in [1.54, 1.807) is 18.2 Å². The van der Waals surface area contributed by atoms with E-state index in [0.717, 1.165) is 0 Å². The highest BCUT2D eigenvalue weighted by Gasteiger charge is 2.16. The van der Waals surface area contributed by atoms with Crippen molar-refractivity contribution in [3.63, 3.8) is 0 Å². The Kier molecular flexibility index (Phi) is 4.48. The molecule has 0 saturated carbocycles. The molecule has 1 aromatic rings. The number of rotatable bonds is 1. The van der Waals surface area contributed by atoms with Crippen LogP contribution in [0.5, 0.6) is 0 Å². The Morgan fingerprint density at radius 2 is 1.62 bits per heavy atom. The zero-order valence-corrected chi connectivity index (χ0v) is 11.8. The maximum Gasteiger partial charge on any atom is 0.344 e. The van der Waals surface area contributed by atoms with Crippen LogP contribution in [0.15, 0.2) is 32.0 Å². The van der Waals surface area contributed by atoms with Gasteiger partial charge in [0.2, 0.25) is 10.0 Å². The highest BCUT2D eigenvalue weighted by Crippen LogP contribution is 2.28. The van der Waals surface area contributed by atoms with Gasteiger partial charge in [0.1, 0.15) is 4.90 Å². The van der Waals surface area contributed by atoms with Crippen molar-refractivity contribution < 1.29 is 17.9 Å². The minimum absolute atomic E-state index is 0.0741. The molecule has 0 aromatic heterocycles. The number of ether oxygens (including phenoxy) is 1. The fraction of sp³-hybridized carbons (Fsp3) is 0.125. The minimum Gasteiger partial charge on any atom is -0.451 e. The van der Waals surface area contributed by atoms with Crippen LogP contribution in [0, 0.1) is 0 Å². The lowest BCUT2D eigenvalue weighted by Crippen LogP contribution is -2.13. The molecule has 0 bridgehead atoms. The number of benzene rings is 1. The molecule has 1 fully saturated rings. The van der Waals surface area contributed by atoms with Gasteiger partial charge in [0.25, 0.3) is 0 Å². The molecule has 0 atom stereocenters. The van der Waals surface area contributed by atoms with E-state index in [0.29, 0.717) is 15.6 Å². The van der Waals surface area contributed by atoms with E-state index in [1.807, 2.05) is 0 Å². The summed E-state index contributed by atoms with van der Waals surface area (Å²) in [6, 6.07) is 4.94. The number of cyclic esters (lactones) is 1. The van der Waals surface area contributed by atoms with Crippen molar-refractivity contribution >= 4 is 47.9 Å². The van der Waals surface area contributed by atoms with Crippen LogP contribution in [-0.2, 0) is 19.6 Å². The first-order valence-electron chi connectivity index (χ1n) is 3.95. The first-order chi connectivity index (χ1) is 7.32. The van der Waals surface area contributed by atoms with Gasteiger partial charge in [-0.1, -0.05) is 6.07 Å². The Bertz CT molecular complexity index is 489. The van der Waals surface area contributed by atoms with Crippen LogP contribution in [0.3, 0.4) is 0 Å². The molecule has 1 saturated heterocycles. The smallest absolute Gasteiger partial charge is 0.344 e. The first-order valence-corrected chi connectivity index (χ1v) is 7.08. The number of halogens is 2. The van der Waals surface area contributed by atoms with Gasteiger partial charge in [-0.25, -0.2) is 18.4 Å². The topological polar surface area (TPSA) is 89.8 Å². The Hall–Kier alpha value is -0.440. The molecule has 2 N–H and O–H groups in total. The van der Waals surface area contributed by atoms with Crippen LogP contribution in [-0.4, -0.2) is 21.0 Å². The number of carbonyl (C=O) groups is 1. The van der Waals surface area contributed by atoms with Gasteiger partial charge in [0.15, 0.2) is 6.61 Å². The van der Waals surface area contributed by atoms with Crippen LogP contribution in [0.2, 0.25) is 0 Å². The lowest BCUT2D eigenvalue weighted by Gasteiger charge is -2.02. The molecule has 0 unspecified atom stereocenters. The van der Waals surface area contributed by atoms with E-state index >= 15 is 0 Å². The molecule has 88 valence electrons. The molecule has 1 heterocycles. The maximum absolute atomic E-state index is 11.0. The van der Waals surface area contributed by atoms with Gasteiger partial charge in [0, 0.05) is 8.95 Å². The molecule has 0 spiro atoms. The summed E-state index contributed by atoms with van der Waals surface area (Å²) in [7, 11) is -3.66. The number of nitrogens with two attached hydrogens (primary N) is 1. The summed E-state index contributed by atoms with van der Waals surface area (Å²) >= 11 is 6.19. The summed E-state index contributed by atoms with van der Waals surface area (Å²) in [6.07, 6.45) is 0. The van der Waals surface area contributed by atoms with E-state index in [-0.39, 0.29) is 10.9 Å².